The van der Waals surface area contributed by atoms with Crippen molar-refractivity contribution in [3.63, 3.8) is 0 Å². The predicted octanol–water partition coefficient (Wildman–Crippen LogP) is 2.33. The van der Waals surface area contributed by atoms with Crippen molar-refractivity contribution in [2.75, 3.05) is 33.5 Å². The molecule has 0 atom stereocenters. The molecule has 0 radical (unpaired) electrons. The standard InChI is InChI=1S/C22H29N3O5/c1-3-29-19-8-5-4-7-18(19)22(27)23-12-6-9-20(26)24-15-17-10-11-21(25-16-17)30-14-13-28-2/h4-5,7-8,10-11,16H,3,6,9,12-15H2,1-2H3,(H,23,27)(H,24,26). The van der Waals surface area contributed by atoms with E-state index in [9.17, 15) is 9.59 Å². The Morgan fingerprint density at radius 1 is 1.03 bits per heavy atom. The molecule has 8 nitrogen and oxygen atoms in total. The molecule has 1 aromatic carbocycles. The van der Waals surface area contributed by atoms with Crippen LogP contribution in [0.2, 0.25) is 0 Å². The third-order valence-electron chi connectivity index (χ3n) is 4.12. The van der Waals surface area contributed by atoms with Gasteiger partial charge < -0.3 is 24.8 Å². The maximum Gasteiger partial charge on any atom is 0.255 e. The maximum absolute atomic E-state index is 12.3. The molecular formula is C22H29N3O5. The van der Waals surface area contributed by atoms with E-state index in [1.807, 2.05) is 19.1 Å². The number of carbonyl (C=O) groups is 2. The summed E-state index contributed by atoms with van der Waals surface area (Å²) in [5.74, 6) is 0.778. The van der Waals surface area contributed by atoms with Crippen LogP contribution in [0, 0.1) is 0 Å². The van der Waals surface area contributed by atoms with Crippen LogP contribution in [0.3, 0.4) is 0 Å². The normalized spacial score (nSPS) is 10.3. The van der Waals surface area contributed by atoms with Crippen molar-refractivity contribution in [2.24, 2.45) is 0 Å². The fourth-order valence-corrected chi connectivity index (χ4v) is 2.60. The highest BCUT2D eigenvalue weighted by Crippen LogP contribution is 2.17. The summed E-state index contributed by atoms with van der Waals surface area (Å²) < 4.78 is 15.8. The lowest BCUT2D eigenvalue weighted by atomic mass is 10.2. The van der Waals surface area contributed by atoms with Crippen LogP contribution in [-0.4, -0.2) is 50.3 Å². The Morgan fingerprint density at radius 2 is 1.87 bits per heavy atom. The number of nitrogens with zero attached hydrogens (tertiary/aromatic N) is 1. The summed E-state index contributed by atoms with van der Waals surface area (Å²) in [6.45, 7) is 4.09. The molecule has 0 spiro atoms. The van der Waals surface area contributed by atoms with Gasteiger partial charge in [0, 0.05) is 38.9 Å². The molecule has 2 amide bonds. The van der Waals surface area contributed by atoms with Gasteiger partial charge in [0.15, 0.2) is 0 Å². The van der Waals surface area contributed by atoms with Crippen LogP contribution in [0.1, 0.15) is 35.7 Å². The summed E-state index contributed by atoms with van der Waals surface area (Å²) in [5, 5.41) is 5.67. The van der Waals surface area contributed by atoms with Crippen LogP contribution >= 0.6 is 0 Å². The Hall–Kier alpha value is -3.13. The minimum Gasteiger partial charge on any atom is -0.493 e. The zero-order valence-electron chi connectivity index (χ0n) is 17.5. The molecule has 0 fully saturated rings. The molecule has 162 valence electrons. The second kappa shape index (κ2) is 13.2. The minimum absolute atomic E-state index is 0.0839. The monoisotopic (exact) mass is 415 g/mol. The first-order chi connectivity index (χ1) is 14.6. The average Bonchev–Trinajstić information content (AvgIpc) is 2.77. The van der Waals surface area contributed by atoms with Gasteiger partial charge in [0.1, 0.15) is 12.4 Å². The van der Waals surface area contributed by atoms with E-state index in [1.165, 1.54) is 0 Å². The molecule has 30 heavy (non-hydrogen) atoms. The summed E-state index contributed by atoms with van der Waals surface area (Å²) in [6, 6.07) is 10.7. The topological polar surface area (TPSA) is 98.8 Å². The lowest BCUT2D eigenvalue weighted by molar-refractivity contribution is -0.121. The number of pyridine rings is 1. The van der Waals surface area contributed by atoms with Gasteiger partial charge in [0.05, 0.1) is 18.8 Å². The molecule has 2 N–H and O–H groups in total. The highest BCUT2D eigenvalue weighted by molar-refractivity contribution is 5.96. The van der Waals surface area contributed by atoms with E-state index < -0.39 is 0 Å². The van der Waals surface area contributed by atoms with Crippen LogP contribution in [0.4, 0.5) is 0 Å². The van der Waals surface area contributed by atoms with E-state index in [1.54, 1.807) is 37.6 Å². The van der Waals surface area contributed by atoms with E-state index in [0.29, 0.717) is 62.9 Å². The number of benzene rings is 1. The molecule has 8 heteroatoms. The van der Waals surface area contributed by atoms with Crippen molar-refractivity contribution < 1.29 is 23.8 Å². The molecule has 2 aromatic rings. The van der Waals surface area contributed by atoms with E-state index in [4.69, 9.17) is 14.2 Å². The SMILES string of the molecule is CCOc1ccccc1C(=O)NCCCC(=O)NCc1ccc(OCCOC)nc1. The van der Waals surface area contributed by atoms with Crippen molar-refractivity contribution in [1.29, 1.82) is 0 Å². The molecule has 0 aliphatic heterocycles. The number of nitrogens with one attached hydrogen (secondary N) is 2. The number of ether oxygens (including phenoxy) is 3. The maximum atomic E-state index is 12.3. The molecule has 1 heterocycles. The van der Waals surface area contributed by atoms with Gasteiger partial charge in [-0.15, -0.1) is 0 Å². The molecule has 0 aliphatic carbocycles. The molecule has 0 saturated heterocycles. The number of methoxy groups -OCH3 is 1. The molecular weight excluding hydrogens is 386 g/mol. The Labute approximate surface area is 176 Å². The van der Waals surface area contributed by atoms with E-state index in [2.05, 4.69) is 15.6 Å². The number of para-hydroxylation sites is 1. The first-order valence-corrected chi connectivity index (χ1v) is 9.97. The van der Waals surface area contributed by atoms with Gasteiger partial charge in [0.2, 0.25) is 11.8 Å². The van der Waals surface area contributed by atoms with Gasteiger partial charge >= 0.3 is 0 Å². The highest BCUT2D eigenvalue weighted by atomic mass is 16.5. The fourth-order valence-electron chi connectivity index (χ4n) is 2.60. The summed E-state index contributed by atoms with van der Waals surface area (Å²) in [7, 11) is 1.61. The number of aromatic nitrogens is 1. The minimum atomic E-state index is -0.210. The summed E-state index contributed by atoms with van der Waals surface area (Å²) in [4.78, 5) is 28.5. The van der Waals surface area contributed by atoms with Crippen molar-refractivity contribution in [3.05, 3.63) is 53.7 Å². The van der Waals surface area contributed by atoms with Gasteiger partial charge in [-0.05, 0) is 31.0 Å². The Bertz CT molecular complexity index is 796. The van der Waals surface area contributed by atoms with Crippen LogP contribution < -0.4 is 20.1 Å². The van der Waals surface area contributed by atoms with Gasteiger partial charge in [0.25, 0.3) is 5.91 Å². The summed E-state index contributed by atoms with van der Waals surface area (Å²) in [5.41, 5.74) is 1.37. The number of carbonyl (C=O) groups excluding carboxylic acids is 2. The molecule has 0 bridgehead atoms. The molecule has 2 rings (SSSR count). The van der Waals surface area contributed by atoms with Gasteiger partial charge in [-0.2, -0.15) is 0 Å². The summed E-state index contributed by atoms with van der Waals surface area (Å²) in [6.07, 6.45) is 2.52. The molecule has 0 unspecified atom stereocenters. The van der Waals surface area contributed by atoms with E-state index >= 15 is 0 Å². The van der Waals surface area contributed by atoms with Crippen molar-refractivity contribution in [1.82, 2.24) is 15.6 Å². The number of hydrogen-bond donors (Lipinski definition) is 2. The second-order valence-electron chi connectivity index (χ2n) is 6.41. The van der Waals surface area contributed by atoms with Crippen molar-refractivity contribution >= 4 is 11.8 Å². The van der Waals surface area contributed by atoms with Crippen LogP contribution in [0.25, 0.3) is 0 Å². The zero-order valence-corrected chi connectivity index (χ0v) is 17.5. The van der Waals surface area contributed by atoms with E-state index in [-0.39, 0.29) is 11.8 Å². The third kappa shape index (κ3) is 8.08. The largest absolute Gasteiger partial charge is 0.493 e. The Morgan fingerprint density at radius 3 is 2.60 bits per heavy atom. The quantitative estimate of drug-likeness (QED) is 0.487. The lowest BCUT2D eigenvalue weighted by Gasteiger charge is -2.10. The average molecular weight is 415 g/mol. The second-order valence-corrected chi connectivity index (χ2v) is 6.41. The predicted molar refractivity (Wildman–Crippen MR) is 113 cm³/mol. The van der Waals surface area contributed by atoms with Crippen LogP contribution in [0.15, 0.2) is 42.6 Å². The summed E-state index contributed by atoms with van der Waals surface area (Å²) >= 11 is 0. The Balaban J connectivity index is 1.65. The third-order valence-corrected chi connectivity index (χ3v) is 4.12. The van der Waals surface area contributed by atoms with E-state index in [0.717, 1.165) is 5.56 Å². The van der Waals surface area contributed by atoms with Gasteiger partial charge in [-0.25, -0.2) is 4.98 Å². The number of rotatable bonds is 13. The fraction of sp³-hybridized carbons (Fsp3) is 0.409. The first-order valence-electron chi connectivity index (χ1n) is 9.97. The van der Waals surface area contributed by atoms with Gasteiger partial charge in [-0.1, -0.05) is 18.2 Å². The van der Waals surface area contributed by atoms with Crippen molar-refractivity contribution in [3.8, 4) is 11.6 Å². The molecule has 0 saturated carbocycles. The highest BCUT2D eigenvalue weighted by Gasteiger charge is 2.11. The van der Waals surface area contributed by atoms with Crippen LogP contribution in [0.5, 0.6) is 11.6 Å². The number of hydrogen-bond acceptors (Lipinski definition) is 6. The Kier molecular flexibility index (Phi) is 10.2. The molecule has 0 aliphatic rings. The smallest absolute Gasteiger partial charge is 0.255 e. The number of amides is 2. The first kappa shape index (κ1) is 23.2. The van der Waals surface area contributed by atoms with Gasteiger partial charge in [-0.3, -0.25) is 9.59 Å². The zero-order chi connectivity index (χ0) is 21.6. The van der Waals surface area contributed by atoms with Crippen molar-refractivity contribution in [2.45, 2.75) is 26.3 Å². The van der Waals surface area contributed by atoms with Crippen LogP contribution in [-0.2, 0) is 16.1 Å². The lowest BCUT2D eigenvalue weighted by Crippen LogP contribution is -2.27. The molecule has 1 aromatic heterocycles.